The van der Waals surface area contributed by atoms with E-state index in [-0.39, 0.29) is 18.5 Å². The number of carbonyl (C=O) groups excluding carboxylic acids is 1. The molecular weight excluding hydrogens is 218 g/mol. The Bertz CT molecular complexity index is 399. The Labute approximate surface area is 100 Å². The van der Waals surface area contributed by atoms with Crippen molar-refractivity contribution in [3.63, 3.8) is 0 Å². The smallest absolute Gasteiger partial charge is 0.302 e. The molecule has 1 rings (SSSR count). The third-order valence-corrected chi connectivity index (χ3v) is 2.29. The maximum atomic E-state index is 10.7. The van der Waals surface area contributed by atoms with Gasteiger partial charge in [-0.15, -0.1) is 0 Å². The average Bonchev–Trinajstić information content (AvgIpc) is 2.34. The lowest BCUT2D eigenvalue weighted by atomic mass is 10.0. The van der Waals surface area contributed by atoms with E-state index in [9.17, 15) is 4.79 Å². The van der Waals surface area contributed by atoms with Gasteiger partial charge in [0, 0.05) is 24.3 Å². The molecule has 0 saturated heterocycles. The van der Waals surface area contributed by atoms with Crippen LogP contribution in [0.2, 0.25) is 0 Å². The number of hydrogen-bond acceptors (Lipinski definition) is 3. The summed E-state index contributed by atoms with van der Waals surface area (Å²) in [5.74, 6) is -0.291. The van der Waals surface area contributed by atoms with Gasteiger partial charge in [0.1, 0.15) is 0 Å². The lowest BCUT2D eigenvalue weighted by Gasteiger charge is -2.14. The summed E-state index contributed by atoms with van der Waals surface area (Å²) in [6, 6.07) is 9.84. The van der Waals surface area contributed by atoms with E-state index in [0.717, 1.165) is 12.0 Å². The molecule has 0 N–H and O–H groups in total. The fourth-order valence-corrected chi connectivity index (χ4v) is 1.51. The molecule has 0 aliphatic heterocycles. The van der Waals surface area contributed by atoms with Gasteiger partial charge in [-0.05, 0) is 17.5 Å². The zero-order valence-corrected chi connectivity index (χ0v) is 9.74. The van der Waals surface area contributed by atoms with Crippen LogP contribution >= 0.6 is 0 Å². The molecule has 0 aliphatic rings. The predicted molar refractivity (Wildman–Crippen MR) is 64.3 cm³/mol. The van der Waals surface area contributed by atoms with Crippen molar-refractivity contribution < 1.29 is 9.53 Å². The number of esters is 1. The van der Waals surface area contributed by atoms with Crippen LogP contribution in [0.25, 0.3) is 10.4 Å². The van der Waals surface area contributed by atoms with Crippen LogP contribution < -0.4 is 0 Å². The first-order valence-electron chi connectivity index (χ1n) is 5.40. The van der Waals surface area contributed by atoms with Crippen LogP contribution in [-0.4, -0.2) is 19.1 Å². The number of hydrogen-bond donors (Lipinski definition) is 0. The maximum absolute atomic E-state index is 10.7. The number of azide groups is 1. The fourth-order valence-electron chi connectivity index (χ4n) is 1.51. The second-order valence-electron chi connectivity index (χ2n) is 3.77. The minimum Gasteiger partial charge on any atom is -0.466 e. The van der Waals surface area contributed by atoms with E-state index in [1.54, 1.807) is 0 Å². The maximum Gasteiger partial charge on any atom is 0.302 e. The number of carbonyl (C=O) groups is 1. The Balaban J connectivity index is 2.56. The first-order chi connectivity index (χ1) is 8.22. The fraction of sp³-hybridized carbons (Fsp3) is 0.417. The first kappa shape index (κ1) is 13.1. The summed E-state index contributed by atoms with van der Waals surface area (Å²) in [6.07, 6.45) is 0.729. The molecule has 0 heterocycles. The minimum absolute atomic E-state index is 0.0252. The number of rotatable bonds is 6. The molecule has 0 bridgehead atoms. The molecule has 0 amide bonds. The number of benzene rings is 1. The van der Waals surface area contributed by atoms with Crippen molar-refractivity contribution in [2.45, 2.75) is 13.3 Å². The van der Waals surface area contributed by atoms with Gasteiger partial charge in [0.05, 0.1) is 6.61 Å². The SMILES string of the molecule is CC(=O)OC[C@@H](CN=[N+]=[N-])Cc1ccccc1. The van der Waals surface area contributed by atoms with Gasteiger partial charge in [-0.3, -0.25) is 4.79 Å². The Morgan fingerprint density at radius 2 is 2.18 bits per heavy atom. The van der Waals surface area contributed by atoms with Crippen molar-refractivity contribution in [2.24, 2.45) is 11.0 Å². The number of ether oxygens (including phenoxy) is 1. The van der Waals surface area contributed by atoms with Crippen LogP contribution in [0.1, 0.15) is 12.5 Å². The van der Waals surface area contributed by atoms with E-state index in [4.69, 9.17) is 10.3 Å². The van der Waals surface area contributed by atoms with Crippen molar-refractivity contribution in [1.82, 2.24) is 0 Å². The van der Waals surface area contributed by atoms with E-state index >= 15 is 0 Å². The Kier molecular flexibility index (Phi) is 5.61. The van der Waals surface area contributed by atoms with Crippen LogP contribution in [-0.2, 0) is 16.0 Å². The molecule has 0 spiro atoms. The van der Waals surface area contributed by atoms with Crippen molar-refractivity contribution in [3.8, 4) is 0 Å². The van der Waals surface area contributed by atoms with E-state index in [2.05, 4.69) is 10.0 Å². The monoisotopic (exact) mass is 233 g/mol. The zero-order chi connectivity index (χ0) is 12.5. The standard InChI is InChI=1S/C12H15N3O2/c1-10(16)17-9-12(8-14-15-13)7-11-5-3-2-4-6-11/h2-6,12H,7-9H2,1H3/t12-/m1/s1. The molecule has 90 valence electrons. The minimum atomic E-state index is -0.316. The summed E-state index contributed by atoms with van der Waals surface area (Å²) in [5, 5.41) is 3.54. The second kappa shape index (κ2) is 7.30. The molecule has 17 heavy (non-hydrogen) atoms. The van der Waals surface area contributed by atoms with Crippen molar-refractivity contribution >= 4 is 5.97 Å². The topological polar surface area (TPSA) is 75.1 Å². The highest BCUT2D eigenvalue weighted by atomic mass is 16.5. The Morgan fingerprint density at radius 1 is 1.47 bits per heavy atom. The first-order valence-corrected chi connectivity index (χ1v) is 5.40. The molecule has 0 fully saturated rings. The van der Waals surface area contributed by atoms with Crippen molar-refractivity contribution in [1.29, 1.82) is 0 Å². The van der Waals surface area contributed by atoms with E-state index < -0.39 is 0 Å². The third-order valence-electron chi connectivity index (χ3n) is 2.29. The second-order valence-corrected chi connectivity index (χ2v) is 3.77. The van der Waals surface area contributed by atoms with Crippen LogP contribution in [0.4, 0.5) is 0 Å². The Hall–Kier alpha value is -2.00. The molecule has 0 radical (unpaired) electrons. The molecule has 0 aromatic heterocycles. The normalized spacial score (nSPS) is 11.4. The lowest BCUT2D eigenvalue weighted by Crippen LogP contribution is -2.17. The van der Waals surface area contributed by atoms with Crippen molar-refractivity contribution in [2.75, 3.05) is 13.2 Å². The summed E-state index contributed by atoms with van der Waals surface area (Å²) in [5.41, 5.74) is 9.45. The quantitative estimate of drug-likeness (QED) is 0.328. The summed E-state index contributed by atoms with van der Waals surface area (Å²) < 4.78 is 4.95. The van der Waals surface area contributed by atoms with Gasteiger partial charge in [-0.2, -0.15) is 0 Å². The van der Waals surface area contributed by atoms with Crippen LogP contribution in [0.5, 0.6) is 0 Å². The summed E-state index contributed by atoms with van der Waals surface area (Å²) >= 11 is 0. The molecule has 5 heteroatoms. The van der Waals surface area contributed by atoms with Gasteiger partial charge >= 0.3 is 5.97 Å². The zero-order valence-electron chi connectivity index (χ0n) is 9.74. The van der Waals surface area contributed by atoms with E-state index in [1.807, 2.05) is 30.3 Å². The van der Waals surface area contributed by atoms with Gasteiger partial charge in [0.15, 0.2) is 0 Å². The molecule has 1 aromatic carbocycles. The van der Waals surface area contributed by atoms with Crippen molar-refractivity contribution in [3.05, 3.63) is 46.3 Å². The third kappa shape index (κ3) is 5.58. The van der Waals surface area contributed by atoms with E-state index in [0.29, 0.717) is 6.54 Å². The molecule has 0 saturated carbocycles. The highest BCUT2D eigenvalue weighted by Gasteiger charge is 2.10. The van der Waals surface area contributed by atoms with Gasteiger partial charge < -0.3 is 4.74 Å². The highest BCUT2D eigenvalue weighted by Crippen LogP contribution is 2.10. The molecule has 5 nitrogen and oxygen atoms in total. The van der Waals surface area contributed by atoms with Crippen LogP contribution in [0.15, 0.2) is 35.4 Å². The van der Waals surface area contributed by atoms with Crippen LogP contribution in [0, 0.1) is 5.92 Å². The summed E-state index contributed by atoms with van der Waals surface area (Å²) in [6.45, 7) is 1.98. The van der Waals surface area contributed by atoms with Gasteiger partial charge in [0.25, 0.3) is 0 Å². The van der Waals surface area contributed by atoms with Gasteiger partial charge in [-0.1, -0.05) is 35.4 Å². The average molecular weight is 233 g/mol. The lowest BCUT2D eigenvalue weighted by molar-refractivity contribution is -0.142. The molecular formula is C12H15N3O2. The summed E-state index contributed by atoms with van der Waals surface area (Å²) in [7, 11) is 0. The molecule has 1 aromatic rings. The molecule has 0 unspecified atom stereocenters. The van der Waals surface area contributed by atoms with Gasteiger partial charge in [-0.25, -0.2) is 0 Å². The number of nitrogens with zero attached hydrogens (tertiary/aromatic N) is 3. The summed E-state index contributed by atoms with van der Waals surface area (Å²) in [4.78, 5) is 13.5. The highest BCUT2D eigenvalue weighted by molar-refractivity contribution is 5.65. The van der Waals surface area contributed by atoms with Gasteiger partial charge in [0.2, 0.25) is 0 Å². The van der Waals surface area contributed by atoms with E-state index in [1.165, 1.54) is 6.92 Å². The Morgan fingerprint density at radius 3 is 2.76 bits per heavy atom. The van der Waals surface area contributed by atoms with Crippen LogP contribution in [0.3, 0.4) is 0 Å². The predicted octanol–water partition coefficient (Wildman–Crippen LogP) is 2.72. The molecule has 1 atom stereocenters. The molecule has 0 aliphatic carbocycles. The largest absolute Gasteiger partial charge is 0.466 e.